The Morgan fingerprint density at radius 2 is 1.27 bits per heavy atom. The summed E-state index contributed by atoms with van der Waals surface area (Å²) in [6.07, 6.45) is 15.2. The summed E-state index contributed by atoms with van der Waals surface area (Å²) in [5.74, 6) is -2.71. The van der Waals surface area contributed by atoms with E-state index in [1.165, 1.54) is 19.3 Å². The molecule has 0 radical (unpaired) electrons. The molecule has 0 saturated carbocycles. The molecule has 1 rings (SSSR count). The minimum atomic E-state index is -0.814. The van der Waals surface area contributed by atoms with Crippen LogP contribution in [0.1, 0.15) is 124 Å². The Kier molecular flexibility index (Phi) is 16.8. The second-order valence-corrected chi connectivity index (χ2v) is 9.38. The van der Waals surface area contributed by atoms with E-state index in [1.807, 2.05) is 0 Å². The lowest BCUT2D eigenvalue weighted by Crippen LogP contribution is -2.52. The predicted molar refractivity (Wildman–Crippen MR) is 130 cm³/mol. The molecule has 192 valence electrons. The van der Waals surface area contributed by atoms with Gasteiger partial charge in [-0.15, -0.1) is 0 Å². The molecule has 0 aromatic heterocycles. The van der Waals surface area contributed by atoms with Crippen molar-refractivity contribution < 1.29 is 28.6 Å². The Morgan fingerprint density at radius 3 is 1.82 bits per heavy atom. The van der Waals surface area contributed by atoms with Crippen molar-refractivity contribution in [3.05, 3.63) is 0 Å². The highest BCUT2D eigenvalue weighted by Crippen LogP contribution is 2.36. The highest BCUT2D eigenvalue weighted by molar-refractivity contribution is 5.88. The first-order valence-corrected chi connectivity index (χ1v) is 13.6. The number of rotatable bonds is 21. The summed E-state index contributed by atoms with van der Waals surface area (Å²) < 4.78 is 16.2. The van der Waals surface area contributed by atoms with Crippen LogP contribution in [0.2, 0.25) is 0 Å². The molecule has 1 aliphatic heterocycles. The molecule has 0 bridgehead atoms. The lowest BCUT2D eigenvalue weighted by atomic mass is 9.79. The van der Waals surface area contributed by atoms with Gasteiger partial charge in [0.25, 0.3) is 0 Å². The van der Waals surface area contributed by atoms with Crippen LogP contribution in [0.3, 0.4) is 0 Å². The SMILES string of the molecule is CCCCCCCOC(=O)CC(C(=O)OCCCCCCC)C1C(=O)OC1CCCCCC. The van der Waals surface area contributed by atoms with Crippen LogP contribution < -0.4 is 0 Å². The van der Waals surface area contributed by atoms with Gasteiger partial charge in [-0.25, -0.2) is 0 Å². The van der Waals surface area contributed by atoms with E-state index in [4.69, 9.17) is 14.2 Å². The minimum Gasteiger partial charge on any atom is -0.466 e. The number of carbonyl (C=O) groups is 3. The zero-order valence-electron chi connectivity index (χ0n) is 21.4. The molecule has 1 aliphatic rings. The van der Waals surface area contributed by atoms with Crippen LogP contribution in [-0.2, 0) is 28.6 Å². The average molecular weight is 469 g/mol. The first-order chi connectivity index (χ1) is 16.0. The summed E-state index contributed by atoms with van der Waals surface area (Å²) in [6.45, 7) is 7.15. The van der Waals surface area contributed by atoms with E-state index in [0.29, 0.717) is 13.2 Å². The van der Waals surface area contributed by atoms with Crippen molar-refractivity contribution in [2.24, 2.45) is 11.8 Å². The van der Waals surface area contributed by atoms with Crippen molar-refractivity contribution in [3.8, 4) is 0 Å². The van der Waals surface area contributed by atoms with Gasteiger partial charge in [0.15, 0.2) is 0 Å². The maximum Gasteiger partial charge on any atom is 0.313 e. The molecule has 1 heterocycles. The van der Waals surface area contributed by atoms with Crippen molar-refractivity contribution in [1.82, 2.24) is 0 Å². The van der Waals surface area contributed by atoms with Crippen LogP contribution in [0.4, 0.5) is 0 Å². The molecule has 0 aromatic carbocycles. The quantitative estimate of drug-likeness (QED) is 0.108. The molecule has 6 nitrogen and oxygen atoms in total. The van der Waals surface area contributed by atoms with Gasteiger partial charge in [0.2, 0.25) is 0 Å². The van der Waals surface area contributed by atoms with Crippen LogP contribution in [0.25, 0.3) is 0 Å². The lowest BCUT2D eigenvalue weighted by Gasteiger charge is -2.38. The molecule has 0 N–H and O–H groups in total. The Hall–Kier alpha value is -1.59. The van der Waals surface area contributed by atoms with Gasteiger partial charge in [-0.2, -0.15) is 0 Å². The zero-order chi connectivity index (χ0) is 24.3. The molecule has 33 heavy (non-hydrogen) atoms. The van der Waals surface area contributed by atoms with Gasteiger partial charge in [-0.3, -0.25) is 14.4 Å². The van der Waals surface area contributed by atoms with Gasteiger partial charge < -0.3 is 14.2 Å². The predicted octanol–water partition coefficient (Wildman–Crippen LogP) is 6.53. The fraction of sp³-hybridized carbons (Fsp3) is 0.889. The van der Waals surface area contributed by atoms with E-state index in [-0.39, 0.29) is 12.5 Å². The number of ether oxygens (including phenoxy) is 3. The van der Waals surface area contributed by atoms with Crippen molar-refractivity contribution in [3.63, 3.8) is 0 Å². The summed E-state index contributed by atoms with van der Waals surface area (Å²) >= 11 is 0. The number of unbranched alkanes of at least 4 members (excludes halogenated alkanes) is 11. The molecule has 0 aliphatic carbocycles. The van der Waals surface area contributed by atoms with E-state index in [2.05, 4.69) is 20.8 Å². The third-order valence-electron chi connectivity index (χ3n) is 6.41. The fourth-order valence-electron chi connectivity index (χ4n) is 4.29. The molecular weight excluding hydrogens is 420 g/mol. The minimum absolute atomic E-state index is 0.116. The highest BCUT2D eigenvalue weighted by atomic mass is 16.6. The zero-order valence-corrected chi connectivity index (χ0v) is 21.4. The summed E-state index contributed by atoms with van der Waals surface area (Å²) in [4.78, 5) is 37.6. The molecule has 3 unspecified atom stereocenters. The van der Waals surface area contributed by atoms with Crippen molar-refractivity contribution in [1.29, 1.82) is 0 Å². The van der Waals surface area contributed by atoms with Gasteiger partial charge >= 0.3 is 17.9 Å². The second-order valence-electron chi connectivity index (χ2n) is 9.38. The van der Waals surface area contributed by atoms with Crippen LogP contribution in [-0.4, -0.2) is 37.2 Å². The van der Waals surface area contributed by atoms with Crippen LogP contribution >= 0.6 is 0 Å². The maximum atomic E-state index is 12.9. The van der Waals surface area contributed by atoms with Gasteiger partial charge in [0, 0.05) is 0 Å². The number of carbonyl (C=O) groups excluding carboxylic acids is 3. The Morgan fingerprint density at radius 1 is 0.758 bits per heavy atom. The van der Waals surface area contributed by atoms with Crippen molar-refractivity contribution in [2.75, 3.05) is 13.2 Å². The Labute approximate surface area is 201 Å². The van der Waals surface area contributed by atoms with E-state index >= 15 is 0 Å². The molecule has 1 saturated heterocycles. The number of esters is 3. The molecule has 3 atom stereocenters. The van der Waals surface area contributed by atoms with Gasteiger partial charge in [0.05, 0.1) is 25.6 Å². The van der Waals surface area contributed by atoms with Crippen molar-refractivity contribution in [2.45, 2.75) is 130 Å². The third kappa shape index (κ3) is 12.4. The molecule has 1 fully saturated rings. The molecular formula is C27H48O6. The monoisotopic (exact) mass is 468 g/mol. The molecule has 0 aromatic rings. The normalized spacial score (nSPS) is 18.3. The second kappa shape index (κ2) is 18.8. The van der Waals surface area contributed by atoms with E-state index < -0.39 is 29.7 Å². The fourth-order valence-corrected chi connectivity index (χ4v) is 4.29. The number of hydrogen-bond acceptors (Lipinski definition) is 6. The third-order valence-corrected chi connectivity index (χ3v) is 6.41. The molecule has 6 heteroatoms. The van der Waals surface area contributed by atoms with E-state index in [0.717, 1.165) is 77.0 Å². The topological polar surface area (TPSA) is 78.9 Å². The summed E-state index contributed by atoms with van der Waals surface area (Å²) in [7, 11) is 0. The summed E-state index contributed by atoms with van der Waals surface area (Å²) in [6, 6.07) is 0. The van der Waals surface area contributed by atoms with E-state index in [9.17, 15) is 14.4 Å². The first-order valence-electron chi connectivity index (χ1n) is 13.6. The van der Waals surface area contributed by atoms with Crippen LogP contribution in [0, 0.1) is 11.8 Å². The number of cyclic esters (lactones) is 1. The van der Waals surface area contributed by atoms with Gasteiger partial charge in [0.1, 0.15) is 12.0 Å². The average Bonchev–Trinajstić information content (AvgIpc) is 2.79. The van der Waals surface area contributed by atoms with Gasteiger partial charge in [-0.05, 0) is 25.7 Å². The number of hydrogen-bond donors (Lipinski definition) is 0. The summed E-state index contributed by atoms with van der Waals surface area (Å²) in [5, 5.41) is 0. The largest absolute Gasteiger partial charge is 0.466 e. The summed E-state index contributed by atoms with van der Waals surface area (Å²) in [5.41, 5.74) is 0. The van der Waals surface area contributed by atoms with Crippen molar-refractivity contribution >= 4 is 17.9 Å². The standard InChI is InChI=1S/C27H48O6/c1-4-7-10-13-16-19-31-24(28)21-22(26(29)32-20-17-14-11-8-5-2)25-23(33-27(25)30)18-15-12-9-6-3/h22-23,25H,4-21H2,1-3H3. The first kappa shape index (κ1) is 29.4. The Bertz CT molecular complexity index is 547. The van der Waals surface area contributed by atoms with Crippen LogP contribution in [0.5, 0.6) is 0 Å². The smallest absolute Gasteiger partial charge is 0.313 e. The Balaban J connectivity index is 2.58. The van der Waals surface area contributed by atoms with Gasteiger partial charge in [-0.1, -0.05) is 91.4 Å². The molecule has 0 spiro atoms. The van der Waals surface area contributed by atoms with Crippen LogP contribution in [0.15, 0.2) is 0 Å². The lowest BCUT2D eigenvalue weighted by molar-refractivity contribution is -0.197. The highest BCUT2D eigenvalue weighted by Gasteiger charge is 2.51. The molecule has 0 amide bonds. The van der Waals surface area contributed by atoms with E-state index in [1.54, 1.807) is 0 Å². The maximum absolute atomic E-state index is 12.9.